The van der Waals surface area contributed by atoms with Crippen LogP contribution in [0.2, 0.25) is 0 Å². The van der Waals surface area contributed by atoms with Crippen molar-refractivity contribution in [3.63, 3.8) is 0 Å². The molecule has 5 heteroatoms. The van der Waals surface area contributed by atoms with Gasteiger partial charge in [0.15, 0.2) is 6.29 Å². The molecule has 16 heavy (non-hydrogen) atoms. The van der Waals surface area contributed by atoms with E-state index in [-0.39, 0.29) is 0 Å². The summed E-state index contributed by atoms with van der Waals surface area (Å²) in [6.45, 7) is 6.27. The Bertz CT molecular complexity index is 323. The van der Waals surface area contributed by atoms with Crippen molar-refractivity contribution < 1.29 is 9.53 Å². The van der Waals surface area contributed by atoms with Crippen molar-refractivity contribution in [1.29, 1.82) is 0 Å². The fourth-order valence-electron chi connectivity index (χ4n) is 1.57. The molecule has 0 N–H and O–H groups in total. The van der Waals surface area contributed by atoms with Gasteiger partial charge < -0.3 is 4.74 Å². The highest BCUT2D eigenvalue weighted by Gasteiger charge is 2.10. The van der Waals surface area contributed by atoms with Gasteiger partial charge in [-0.05, 0) is 19.8 Å². The van der Waals surface area contributed by atoms with Crippen LogP contribution in [0.3, 0.4) is 0 Å². The number of hydrogen-bond donors (Lipinski definition) is 0. The fourth-order valence-corrected chi connectivity index (χ4v) is 1.57. The lowest BCUT2D eigenvalue weighted by atomic mass is 10.2. The Balaban J connectivity index is 2.57. The predicted octanol–water partition coefficient (Wildman–Crippen LogP) is 1.47. The second-order valence-corrected chi connectivity index (χ2v) is 3.56. The van der Waals surface area contributed by atoms with Gasteiger partial charge in [-0.15, -0.1) is 5.10 Å². The zero-order chi connectivity index (χ0) is 11.8. The molecule has 90 valence electrons. The molecular weight excluding hydrogens is 206 g/mol. The average molecular weight is 225 g/mol. The first-order chi connectivity index (χ1) is 7.83. The summed E-state index contributed by atoms with van der Waals surface area (Å²) in [5, 5.41) is 7.84. The number of aryl methyl sites for hydroxylation is 1. The Hall–Kier alpha value is -1.23. The van der Waals surface area contributed by atoms with E-state index in [0.717, 1.165) is 51.0 Å². The van der Waals surface area contributed by atoms with E-state index in [1.165, 1.54) is 0 Å². The Morgan fingerprint density at radius 2 is 2.25 bits per heavy atom. The van der Waals surface area contributed by atoms with Gasteiger partial charge >= 0.3 is 0 Å². The Morgan fingerprint density at radius 1 is 1.44 bits per heavy atom. The summed E-state index contributed by atoms with van der Waals surface area (Å²) in [6.07, 6.45) is 3.50. The third kappa shape index (κ3) is 3.41. The van der Waals surface area contributed by atoms with Gasteiger partial charge in [0.1, 0.15) is 5.69 Å². The van der Waals surface area contributed by atoms with Crippen LogP contribution in [0, 0.1) is 0 Å². The summed E-state index contributed by atoms with van der Waals surface area (Å²) in [5.74, 6) is 0. The maximum Gasteiger partial charge on any atom is 0.172 e. The summed E-state index contributed by atoms with van der Waals surface area (Å²) in [7, 11) is 0. The molecule has 0 aromatic carbocycles. The Morgan fingerprint density at radius 3 is 2.88 bits per heavy atom. The van der Waals surface area contributed by atoms with Crippen LogP contribution in [0.1, 0.15) is 42.9 Å². The number of hydrogen-bond acceptors (Lipinski definition) is 4. The first-order valence-electron chi connectivity index (χ1n) is 5.78. The zero-order valence-electron chi connectivity index (χ0n) is 9.98. The zero-order valence-corrected chi connectivity index (χ0v) is 9.98. The van der Waals surface area contributed by atoms with Crippen molar-refractivity contribution in [2.24, 2.45) is 0 Å². The molecule has 1 aromatic heterocycles. The normalized spacial score (nSPS) is 10.6. The van der Waals surface area contributed by atoms with Crippen molar-refractivity contribution in [2.45, 2.75) is 39.7 Å². The van der Waals surface area contributed by atoms with Crippen LogP contribution >= 0.6 is 0 Å². The fraction of sp³-hybridized carbons (Fsp3) is 0.727. The summed E-state index contributed by atoms with van der Waals surface area (Å²) in [6, 6.07) is 0. The number of aldehydes is 1. The van der Waals surface area contributed by atoms with E-state index in [2.05, 4.69) is 17.2 Å². The number of carbonyl (C=O) groups excluding carboxylic acids is 1. The monoisotopic (exact) mass is 225 g/mol. The number of ether oxygens (including phenoxy) is 1. The van der Waals surface area contributed by atoms with E-state index < -0.39 is 0 Å². The molecule has 0 atom stereocenters. The molecule has 1 heterocycles. The van der Waals surface area contributed by atoms with Gasteiger partial charge in [-0.2, -0.15) is 0 Å². The summed E-state index contributed by atoms with van der Waals surface area (Å²) >= 11 is 0. The van der Waals surface area contributed by atoms with Crippen molar-refractivity contribution in [2.75, 3.05) is 13.2 Å². The van der Waals surface area contributed by atoms with E-state index in [0.29, 0.717) is 5.69 Å². The first kappa shape index (κ1) is 12.8. The quantitative estimate of drug-likeness (QED) is 0.496. The van der Waals surface area contributed by atoms with Gasteiger partial charge in [0.25, 0.3) is 0 Å². The van der Waals surface area contributed by atoms with Crippen molar-refractivity contribution >= 4 is 6.29 Å². The van der Waals surface area contributed by atoms with E-state index >= 15 is 0 Å². The molecule has 0 fully saturated rings. The summed E-state index contributed by atoms with van der Waals surface area (Å²) < 4.78 is 7.07. The minimum atomic E-state index is 0.471. The highest BCUT2D eigenvalue weighted by molar-refractivity contribution is 5.73. The molecule has 0 saturated carbocycles. The van der Waals surface area contributed by atoms with Crippen molar-refractivity contribution in [1.82, 2.24) is 15.0 Å². The van der Waals surface area contributed by atoms with E-state index in [9.17, 15) is 4.79 Å². The lowest BCUT2D eigenvalue weighted by Crippen LogP contribution is -2.08. The van der Waals surface area contributed by atoms with Crippen LogP contribution in [0.4, 0.5) is 0 Å². The molecule has 0 radical (unpaired) electrons. The van der Waals surface area contributed by atoms with Gasteiger partial charge in [0.05, 0.1) is 5.69 Å². The van der Waals surface area contributed by atoms with Gasteiger partial charge in [-0.3, -0.25) is 4.79 Å². The molecule has 0 amide bonds. The highest BCUT2D eigenvalue weighted by atomic mass is 16.5. The summed E-state index contributed by atoms with van der Waals surface area (Å²) in [4.78, 5) is 10.8. The van der Waals surface area contributed by atoms with Crippen molar-refractivity contribution in [3.05, 3.63) is 11.4 Å². The molecule has 0 spiro atoms. The first-order valence-corrected chi connectivity index (χ1v) is 5.78. The lowest BCUT2D eigenvalue weighted by Gasteiger charge is -2.05. The largest absolute Gasteiger partial charge is 0.382 e. The number of nitrogens with zero attached hydrogens (tertiary/aromatic N) is 3. The minimum Gasteiger partial charge on any atom is -0.382 e. The second kappa shape index (κ2) is 7.11. The van der Waals surface area contributed by atoms with Crippen molar-refractivity contribution in [3.8, 4) is 0 Å². The SMILES string of the molecule is CCCc1c(C=O)nnn1CCCOCC. The van der Waals surface area contributed by atoms with Crippen LogP contribution in [0.25, 0.3) is 0 Å². The number of carbonyl (C=O) groups is 1. The van der Waals surface area contributed by atoms with E-state index in [4.69, 9.17) is 4.74 Å². The maximum absolute atomic E-state index is 10.8. The van der Waals surface area contributed by atoms with E-state index in [1.54, 1.807) is 0 Å². The van der Waals surface area contributed by atoms with Gasteiger partial charge in [0.2, 0.25) is 0 Å². The molecular formula is C11H19N3O2. The van der Waals surface area contributed by atoms with Crippen LogP contribution in [-0.4, -0.2) is 34.5 Å². The van der Waals surface area contributed by atoms with Gasteiger partial charge in [-0.1, -0.05) is 18.6 Å². The topological polar surface area (TPSA) is 57.0 Å². The third-order valence-corrected chi connectivity index (χ3v) is 2.33. The smallest absolute Gasteiger partial charge is 0.172 e. The molecule has 0 aliphatic rings. The molecule has 0 unspecified atom stereocenters. The molecule has 1 rings (SSSR count). The number of aromatic nitrogens is 3. The van der Waals surface area contributed by atoms with Crippen LogP contribution in [0.15, 0.2) is 0 Å². The van der Waals surface area contributed by atoms with Gasteiger partial charge in [-0.25, -0.2) is 4.68 Å². The standard InChI is InChI=1S/C11H19N3O2/c1-3-6-11-10(9-15)12-13-14(11)7-5-8-16-4-2/h9H,3-8H2,1-2H3. The van der Waals surface area contributed by atoms with E-state index in [1.807, 2.05) is 11.6 Å². The van der Waals surface area contributed by atoms with Crippen LogP contribution in [-0.2, 0) is 17.7 Å². The second-order valence-electron chi connectivity index (χ2n) is 3.56. The Kier molecular flexibility index (Phi) is 5.71. The molecule has 0 aliphatic heterocycles. The van der Waals surface area contributed by atoms with Crippen LogP contribution in [0.5, 0.6) is 0 Å². The minimum absolute atomic E-state index is 0.471. The molecule has 1 aromatic rings. The maximum atomic E-state index is 10.8. The molecule has 0 aliphatic carbocycles. The Labute approximate surface area is 95.8 Å². The molecule has 0 saturated heterocycles. The van der Waals surface area contributed by atoms with Gasteiger partial charge in [0, 0.05) is 19.8 Å². The lowest BCUT2D eigenvalue weighted by molar-refractivity contribution is 0.111. The van der Waals surface area contributed by atoms with Crippen LogP contribution < -0.4 is 0 Å². The molecule has 0 bridgehead atoms. The molecule has 5 nitrogen and oxygen atoms in total. The number of rotatable bonds is 8. The predicted molar refractivity (Wildman–Crippen MR) is 60.5 cm³/mol. The third-order valence-electron chi connectivity index (χ3n) is 2.33. The highest BCUT2D eigenvalue weighted by Crippen LogP contribution is 2.07. The summed E-state index contributed by atoms with van der Waals surface area (Å²) in [5.41, 5.74) is 1.41. The average Bonchev–Trinajstić information content (AvgIpc) is 2.68.